The summed E-state index contributed by atoms with van der Waals surface area (Å²) in [5.74, 6) is -4.62. The Hall–Kier alpha value is -4.29. The van der Waals surface area contributed by atoms with Gasteiger partial charge in [-0.15, -0.1) is 13.2 Å². The van der Waals surface area contributed by atoms with Gasteiger partial charge in [-0.1, -0.05) is 63.3 Å². The predicted molar refractivity (Wildman–Crippen MR) is 181 cm³/mol. The Morgan fingerprint density at radius 3 is 2.08 bits per heavy atom. The second-order valence-electron chi connectivity index (χ2n) is 13.9. The first kappa shape index (κ1) is 42.9. The van der Waals surface area contributed by atoms with Gasteiger partial charge in [0.15, 0.2) is 8.32 Å². The molecule has 2 aromatic rings. The molecule has 18 heteroatoms. The minimum absolute atomic E-state index is 0.0440. The molecule has 11 nitrogen and oxygen atoms in total. The second kappa shape index (κ2) is 15.9. The van der Waals surface area contributed by atoms with Crippen molar-refractivity contribution in [1.29, 1.82) is 0 Å². The number of nitro groups is 1. The number of nitrogens with zero attached hydrogens (tertiary/aromatic N) is 2. The molecule has 1 aromatic heterocycles. The normalized spacial score (nSPS) is 14.5. The van der Waals surface area contributed by atoms with Gasteiger partial charge in [0.2, 0.25) is 11.3 Å². The SMILES string of the molecule is C=CC[C@@](OCc1ccccc1)(C(=O)NNC(=O)c1nc(NC(C)(C)CC(C=C)O[Si](C)(C)C(C)(C)C)c(C(F)(F)F)cc1[N+](=O)[O-])C(F)(F)F. The first-order valence-electron chi connectivity index (χ1n) is 15.5. The lowest BCUT2D eigenvalue weighted by Gasteiger charge is -2.40. The molecule has 1 aromatic carbocycles. The van der Waals surface area contributed by atoms with Gasteiger partial charge in [0.05, 0.1) is 17.6 Å². The first-order valence-corrected chi connectivity index (χ1v) is 18.4. The molecule has 0 saturated heterocycles. The van der Waals surface area contributed by atoms with Crippen LogP contribution in [0.25, 0.3) is 0 Å². The molecule has 2 rings (SSSR count). The molecule has 2 atom stereocenters. The number of amides is 2. The van der Waals surface area contributed by atoms with Gasteiger partial charge in [-0.3, -0.25) is 30.6 Å². The summed E-state index contributed by atoms with van der Waals surface area (Å²) in [5.41, 5.74) is -5.73. The number of carbonyl (C=O) groups excluding carboxylic acids is 2. The zero-order valence-corrected chi connectivity index (χ0v) is 30.3. The quantitative estimate of drug-likeness (QED) is 0.0547. The Balaban J connectivity index is 2.50. The average molecular weight is 748 g/mol. The number of hydrogen-bond acceptors (Lipinski definition) is 8. The smallest absolute Gasteiger partial charge is 0.410 e. The molecule has 0 radical (unpaired) electrons. The van der Waals surface area contributed by atoms with E-state index in [1.807, 2.05) is 33.9 Å². The van der Waals surface area contributed by atoms with Gasteiger partial charge in [0, 0.05) is 18.0 Å². The van der Waals surface area contributed by atoms with Gasteiger partial charge in [-0.2, -0.15) is 26.3 Å². The number of pyridine rings is 1. The Labute approximate surface area is 293 Å². The largest absolute Gasteiger partial charge is 0.427 e. The van der Waals surface area contributed by atoms with Gasteiger partial charge in [-0.25, -0.2) is 4.98 Å². The van der Waals surface area contributed by atoms with Crippen LogP contribution in [0.5, 0.6) is 0 Å². The molecule has 51 heavy (non-hydrogen) atoms. The number of rotatable bonds is 15. The van der Waals surface area contributed by atoms with E-state index in [1.165, 1.54) is 49.6 Å². The van der Waals surface area contributed by atoms with E-state index in [0.29, 0.717) is 0 Å². The van der Waals surface area contributed by atoms with Gasteiger partial charge in [0.1, 0.15) is 11.4 Å². The highest BCUT2D eigenvalue weighted by molar-refractivity contribution is 6.74. The van der Waals surface area contributed by atoms with Crippen molar-refractivity contribution < 1.29 is 50.0 Å². The van der Waals surface area contributed by atoms with E-state index in [-0.39, 0.29) is 23.1 Å². The molecule has 0 aliphatic rings. The van der Waals surface area contributed by atoms with E-state index in [1.54, 1.807) is 11.5 Å². The van der Waals surface area contributed by atoms with Crippen LogP contribution in [0.15, 0.2) is 61.7 Å². The molecule has 0 aliphatic heterocycles. The number of hydrogen-bond donors (Lipinski definition) is 3. The summed E-state index contributed by atoms with van der Waals surface area (Å²) in [5, 5.41) is 14.2. The van der Waals surface area contributed by atoms with Crippen molar-refractivity contribution in [3.63, 3.8) is 0 Å². The topological polar surface area (TPSA) is 145 Å². The third-order valence-electron chi connectivity index (χ3n) is 8.28. The highest BCUT2D eigenvalue weighted by Crippen LogP contribution is 2.41. The van der Waals surface area contributed by atoms with Crippen LogP contribution in [0.1, 0.15) is 69.1 Å². The van der Waals surface area contributed by atoms with E-state index in [4.69, 9.17) is 9.16 Å². The molecule has 282 valence electrons. The Kier molecular flexibility index (Phi) is 13.4. The maximum Gasteiger partial charge on any atom is 0.427 e. The zero-order chi connectivity index (χ0) is 39.2. The van der Waals surface area contributed by atoms with Crippen LogP contribution in [0.4, 0.5) is 37.8 Å². The van der Waals surface area contributed by atoms with Crippen LogP contribution in [-0.2, 0) is 26.7 Å². The minimum atomic E-state index is -5.37. The zero-order valence-electron chi connectivity index (χ0n) is 29.3. The number of ether oxygens (including phenoxy) is 1. The number of nitrogens with one attached hydrogen (secondary N) is 3. The van der Waals surface area contributed by atoms with Crippen LogP contribution in [-0.4, -0.2) is 53.5 Å². The van der Waals surface area contributed by atoms with E-state index >= 15 is 0 Å². The molecular weight excluding hydrogens is 704 g/mol. The summed E-state index contributed by atoms with van der Waals surface area (Å²) in [6.07, 6.45) is -10.0. The fourth-order valence-corrected chi connectivity index (χ4v) is 5.81. The molecule has 0 fully saturated rings. The van der Waals surface area contributed by atoms with E-state index in [2.05, 4.69) is 23.5 Å². The molecule has 0 spiro atoms. The Bertz CT molecular complexity index is 1600. The van der Waals surface area contributed by atoms with Crippen LogP contribution < -0.4 is 16.2 Å². The minimum Gasteiger partial charge on any atom is -0.410 e. The van der Waals surface area contributed by atoms with Crippen molar-refractivity contribution in [2.24, 2.45) is 0 Å². The number of hydrazine groups is 1. The van der Waals surface area contributed by atoms with Crippen molar-refractivity contribution in [3.05, 3.63) is 88.6 Å². The molecule has 2 amide bonds. The summed E-state index contributed by atoms with van der Waals surface area (Å²) in [6, 6.07) is 7.60. The fourth-order valence-electron chi connectivity index (χ4n) is 4.52. The summed E-state index contributed by atoms with van der Waals surface area (Å²) >= 11 is 0. The molecule has 1 heterocycles. The maximum atomic E-state index is 14.4. The van der Waals surface area contributed by atoms with Crippen LogP contribution in [0, 0.1) is 10.1 Å². The van der Waals surface area contributed by atoms with Crippen molar-refractivity contribution in [2.75, 3.05) is 5.32 Å². The van der Waals surface area contributed by atoms with Crippen LogP contribution in [0.3, 0.4) is 0 Å². The third-order valence-corrected chi connectivity index (χ3v) is 12.8. The highest BCUT2D eigenvalue weighted by atomic mass is 28.4. The van der Waals surface area contributed by atoms with E-state index in [0.717, 1.165) is 6.08 Å². The Morgan fingerprint density at radius 2 is 1.61 bits per heavy atom. The van der Waals surface area contributed by atoms with Crippen molar-refractivity contribution in [1.82, 2.24) is 15.8 Å². The lowest BCUT2D eigenvalue weighted by Crippen LogP contribution is -2.61. The van der Waals surface area contributed by atoms with Crippen molar-refractivity contribution in [2.45, 2.75) is 102 Å². The van der Waals surface area contributed by atoms with Gasteiger partial charge in [0.25, 0.3) is 11.8 Å². The molecule has 1 unspecified atom stereocenters. The van der Waals surface area contributed by atoms with Crippen LogP contribution >= 0.6 is 0 Å². The number of carbonyl (C=O) groups is 2. The highest BCUT2D eigenvalue weighted by Gasteiger charge is 2.61. The first-order chi connectivity index (χ1) is 23.2. The lowest BCUT2D eigenvalue weighted by atomic mass is 9.96. The van der Waals surface area contributed by atoms with Crippen LogP contribution in [0.2, 0.25) is 18.1 Å². The number of benzene rings is 1. The standard InChI is InChI=1S/C33H43F6N5O6Si/c1-10-17-31(33(37,38)39,49-20-21-15-13-12-14-16-21)28(46)43-42-27(45)25-24(44(47)48)18-23(32(34,35)36)26(40-25)41-30(6,7)19-22(11-2)50-51(8,9)29(3,4)5/h10-16,18,22H,1-2,17,19-20H2,3-9H3,(H,40,41)(H,42,45)(H,43,46)/t22?,31-/m1/s1. The average Bonchev–Trinajstić information content (AvgIpc) is 2.99. The van der Waals surface area contributed by atoms with Crippen molar-refractivity contribution in [3.8, 4) is 0 Å². The van der Waals surface area contributed by atoms with E-state index in [9.17, 15) is 46.0 Å². The molecule has 0 bridgehead atoms. The number of alkyl halides is 6. The lowest BCUT2D eigenvalue weighted by molar-refractivity contribution is -0.385. The van der Waals surface area contributed by atoms with Crippen molar-refractivity contribution >= 4 is 31.6 Å². The summed E-state index contributed by atoms with van der Waals surface area (Å²) < 4.78 is 97.2. The maximum absolute atomic E-state index is 14.4. The van der Waals surface area contributed by atoms with Gasteiger partial charge >= 0.3 is 18.0 Å². The summed E-state index contributed by atoms with van der Waals surface area (Å²) in [6.45, 7) is 19.3. The third kappa shape index (κ3) is 10.9. The van der Waals surface area contributed by atoms with Gasteiger partial charge < -0.3 is 14.5 Å². The second-order valence-corrected chi connectivity index (χ2v) is 18.6. The van der Waals surface area contributed by atoms with E-state index < -0.39 is 90.4 Å². The molecule has 0 aliphatic carbocycles. The number of aromatic nitrogens is 1. The summed E-state index contributed by atoms with van der Waals surface area (Å²) in [4.78, 5) is 40.4. The molecular formula is C33H43F6N5O6Si. The summed E-state index contributed by atoms with van der Waals surface area (Å²) in [7, 11) is -2.38. The fraction of sp³-hybridized carbons (Fsp3) is 0.485. The Morgan fingerprint density at radius 1 is 1.02 bits per heavy atom. The predicted octanol–water partition coefficient (Wildman–Crippen LogP) is 8.02. The molecule has 0 saturated carbocycles. The number of anilines is 1. The monoisotopic (exact) mass is 747 g/mol. The molecule has 3 N–H and O–H groups in total. The number of halogens is 6. The van der Waals surface area contributed by atoms with Gasteiger partial charge in [-0.05, 0) is 44.0 Å².